The number of nitrogens with one attached hydrogen (secondary N) is 1. The van der Waals surface area contributed by atoms with Gasteiger partial charge in [-0.3, -0.25) is 4.79 Å². The zero-order valence-electron chi connectivity index (χ0n) is 10.7. The summed E-state index contributed by atoms with van der Waals surface area (Å²) in [6.07, 6.45) is 7.72. The molecule has 0 aliphatic heterocycles. The lowest BCUT2D eigenvalue weighted by molar-refractivity contribution is -0.122. The molecule has 0 radical (unpaired) electrons. The summed E-state index contributed by atoms with van der Waals surface area (Å²) in [6, 6.07) is 0.124. The van der Waals surface area contributed by atoms with E-state index in [1.165, 1.54) is 32.1 Å². The lowest BCUT2D eigenvalue weighted by atomic mass is 9.66. The number of hydrogen-bond acceptors (Lipinski definition) is 2. The van der Waals surface area contributed by atoms with Crippen LogP contribution in [0.15, 0.2) is 0 Å². The van der Waals surface area contributed by atoms with Crippen molar-refractivity contribution >= 4 is 5.91 Å². The first kappa shape index (κ1) is 13.5. The first-order chi connectivity index (χ1) is 7.58. The summed E-state index contributed by atoms with van der Waals surface area (Å²) >= 11 is 0. The van der Waals surface area contributed by atoms with E-state index in [0.29, 0.717) is 11.8 Å². The number of amides is 1. The van der Waals surface area contributed by atoms with Gasteiger partial charge in [-0.15, -0.1) is 0 Å². The Bertz CT molecular complexity index is 222. The molecule has 1 rings (SSSR count). The summed E-state index contributed by atoms with van der Waals surface area (Å²) in [5.41, 5.74) is 6.06. The van der Waals surface area contributed by atoms with Gasteiger partial charge in [0.05, 0.1) is 0 Å². The standard InChI is InChI=1S/C13H26N2O/c1-3-7-13(8-4-9-13)10-15-12(16)6-5-11(2)14/h11H,3-10,14H2,1-2H3,(H,15,16). The molecule has 1 amide bonds. The maximum atomic E-state index is 11.6. The molecule has 1 unspecified atom stereocenters. The molecule has 1 aliphatic rings. The van der Waals surface area contributed by atoms with Crippen molar-refractivity contribution in [2.75, 3.05) is 6.54 Å². The van der Waals surface area contributed by atoms with Gasteiger partial charge in [-0.05, 0) is 38.0 Å². The summed E-state index contributed by atoms with van der Waals surface area (Å²) in [4.78, 5) is 11.6. The lowest BCUT2D eigenvalue weighted by Gasteiger charge is -2.42. The number of nitrogens with two attached hydrogens (primary N) is 1. The molecule has 1 atom stereocenters. The molecule has 0 spiro atoms. The van der Waals surface area contributed by atoms with E-state index in [4.69, 9.17) is 5.73 Å². The minimum absolute atomic E-state index is 0.124. The van der Waals surface area contributed by atoms with Crippen LogP contribution in [0, 0.1) is 5.41 Å². The van der Waals surface area contributed by atoms with Crippen LogP contribution in [-0.2, 0) is 4.79 Å². The van der Waals surface area contributed by atoms with E-state index in [9.17, 15) is 4.79 Å². The van der Waals surface area contributed by atoms with Crippen molar-refractivity contribution in [3.63, 3.8) is 0 Å². The predicted molar refractivity (Wildman–Crippen MR) is 67.1 cm³/mol. The molecule has 1 aliphatic carbocycles. The van der Waals surface area contributed by atoms with Crippen LogP contribution in [0.4, 0.5) is 0 Å². The van der Waals surface area contributed by atoms with Gasteiger partial charge in [-0.1, -0.05) is 19.8 Å². The van der Waals surface area contributed by atoms with Crippen molar-refractivity contribution in [3.05, 3.63) is 0 Å². The zero-order chi connectivity index (χ0) is 12.0. The van der Waals surface area contributed by atoms with E-state index in [1.54, 1.807) is 0 Å². The summed E-state index contributed by atoms with van der Waals surface area (Å²) in [7, 11) is 0. The first-order valence-electron chi connectivity index (χ1n) is 6.60. The third-order valence-electron chi connectivity index (χ3n) is 3.68. The van der Waals surface area contributed by atoms with Crippen molar-refractivity contribution in [2.45, 2.75) is 64.8 Å². The molecule has 94 valence electrons. The number of carbonyl (C=O) groups is 1. The lowest BCUT2D eigenvalue weighted by Crippen LogP contribution is -2.42. The van der Waals surface area contributed by atoms with Crippen LogP contribution in [-0.4, -0.2) is 18.5 Å². The number of rotatable bonds is 7. The highest BCUT2D eigenvalue weighted by Gasteiger charge is 2.35. The molecular weight excluding hydrogens is 200 g/mol. The Morgan fingerprint density at radius 3 is 2.62 bits per heavy atom. The van der Waals surface area contributed by atoms with Crippen molar-refractivity contribution < 1.29 is 4.79 Å². The highest BCUT2D eigenvalue weighted by molar-refractivity contribution is 5.75. The van der Waals surface area contributed by atoms with Crippen LogP contribution in [0.5, 0.6) is 0 Å². The predicted octanol–water partition coefficient (Wildman–Crippen LogP) is 2.20. The van der Waals surface area contributed by atoms with Crippen LogP contribution in [0.1, 0.15) is 58.8 Å². The Balaban J connectivity index is 2.19. The average molecular weight is 226 g/mol. The topological polar surface area (TPSA) is 55.1 Å². The maximum Gasteiger partial charge on any atom is 0.220 e. The van der Waals surface area contributed by atoms with E-state index in [-0.39, 0.29) is 11.9 Å². The molecule has 1 fully saturated rings. The molecule has 16 heavy (non-hydrogen) atoms. The minimum Gasteiger partial charge on any atom is -0.356 e. The van der Waals surface area contributed by atoms with Gasteiger partial charge in [-0.25, -0.2) is 0 Å². The second-order valence-corrected chi connectivity index (χ2v) is 5.40. The fourth-order valence-electron chi connectivity index (χ4n) is 2.46. The van der Waals surface area contributed by atoms with Gasteiger partial charge >= 0.3 is 0 Å². The van der Waals surface area contributed by atoms with Gasteiger partial charge in [0.15, 0.2) is 0 Å². The molecule has 0 heterocycles. The Morgan fingerprint density at radius 1 is 1.50 bits per heavy atom. The monoisotopic (exact) mass is 226 g/mol. The van der Waals surface area contributed by atoms with Gasteiger partial charge in [-0.2, -0.15) is 0 Å². The molecule has 0 bridgehead atoms. The molecule has 0 aromatic heterocycles. The Labute approximate surface area is 99.2 Å². The highest BCUT2D eigenvalue weighted by Crippen LogP contribution is 2.44. The van der Waals surface area contributed by atoms with Crippen molar-refractivity contribution in [1.29, 1.82) is 0 Å². The van der Waals surface area contributed by atoms with Gasteiger partial charge < -0.3 is 11.1 Å². The summed E-state index contributed by atoms with van der Waals surface area (Å²) < 4.78 is 0. The number of hydrogen-bond donors (Lipinski definition) is 2. The smallest absolute Gasteiger partial charge is 0.220 e. The minimum atomic E-state index is 0.124. The van der Waals surface area contributed by atoms with Gasteiger partial charge in [0, 0.05) is 19.0 Å². The van der Waals surface area contributed by atoms with Crippen LogP contribution >= 0.6 is 0 Å². The molecule has 3 heteroatoms. The molecule has 0 aromatic rings. The third kappa shape index (κ3) is 4.12. The van der Waals surface area contributed by atoms with Crippen molar-refractivity contribution in [2.24, 2.45) is 11.1 Å². The zero-order valence-corrected chi connectivity index (χ0v) is 10.7. The molecule has 3 nitrogen and oxygen atoms in total. The van der Waals surface area contributed by atoms with Crippen molar-refractivity contribution in [3.8, 4) is 0 Å². The van der Waals surface area contributed by atoms with Crippen LogP contribution in [0.25, 0.3) is 0 Å². The Hall–Kier alpha value is -0.570. The van der Waals surface area contributed by atoms with Crippen LogP contribution in [0.2, 0.25) is 0 Å². The second-order valence-electron chi connectivity index (χ2n) is 5.40. The highest BCUT2D eigenvalue weighted by atomic mass is 16.1. The van der Waals surface area contributed by atoms with Gasteiger partial charge in [0.25, 0.3) is 0 Å². The maximum absolute atomic E-state index is 11.6. The molecule has 3 N–H and O–H groups in total. The summed E-state index contributed by atoms with van der Waals surface area (Å²) in [5.74, 6) is 0.166. The van der Waals surface area contributed by atoms with Crippen LogP contribution < -0.4 is 11.1 Å². The quantitative estimate of drug-likeness (QED) is 0.699. The van der Waals surface area contributed by atoms with Gasteiger partial charge in [0.1, 0.15) is 0 Å². The molecule has 0 saturated heterocycles. The van der Waals surface area contributed by atoms with E-state index in [1.807, 2.05) is 6.92 Å². The van der Waals surface area contributed by atoms with E-state index in [0.717, 1.165) is 13.0 Å². The Kier molecular flexibility index (Phi) is 5.26. The van der Waals surface area contributed by atoms with Crippen molar-refractivity contribution in [1.82, 2.24) is 5.32 Å². The number of carbonyl (C=O) groups excluding carboxylic acids is 1. The van der Waals surface area contributed by atoms with E-state index >= 15 is 0 Å². The van der Waals surface area contributed by atoms with E-state index in [2.05, 4.69) is 12.2 Å². The van der Waals surface area contributed by atoms with Crippen LogP contribution in [0.3, 0.4) is 0 Å². The second kappa shape index (κ2) is 6.24. The average Bonchev–Trinajstić information content (AvgIpc) is 2.18. The normalized spacial score (nSPS) is 19.9. The van der Waals surface area contributed by atoms with E-state index < -0.39 is 0 Å². The molecule has 1 saturated carbocycles. The molecular formula is C13H26N2O. The fourth-order valence-corrected chi connectivity index (χ4v) is 2.46. The van der Waals surface area contributed by atoms with Gasteiger partial charge in [0.2, 0.25) is 5.91 Å². The Morgan fingerprint density at radius 2 is 2.19 bits per heavy atom. The largest absolute Gasteiger partial charge is 0.356 e. The SMILES string of the molecule is CCCC1(CNC(=O)CCC(C)N)CCC1. The first-order valence-corrected chi connectivity index (χ1v) is 6.60. The molecule has 0 aromatic carbocycles. The summed E-state index contributed by atoms with van der Waals surface area (Å²) in [5, 5.41) is 3.07. The third-order valence-corrected chi connectivity index (χ3v) is 3.68. The fraction of sp³-hybridized carbons (Fsp3) is 0.923. The summed E-state index contributed by atoms with van der Waals surface area (Å²) in [6.45, 7) is 5.04.